The molecule has 0 aromatic carbocycles. The summed E-state index contributed by atoms with van der Waals surface area (Å²) < 4.78 is 0. The zero-order chi connectivity index (χ0) is 10.6. The molecule has 14 heavy (non-hydrogen) atoms. The van der Waals surface area contributed by atoms with Gasteiger partial charge in [0.2, 0.25) is 0 Å². The number of likely N-dealkylation sites (N-methyl/N-ethyl adjacent to an activating group) is 1. The Hall–Kier alpha value is -0.610. The predicted octanol–water partition coefficient (Wildman–Crippen LogP) is 0.663. The van der Waals surface area contributed by atoms with Crippen LogP contribution in [0.2, 0.25) is 0 Å². The van der Waals surface area contributed by atoms with Crippen molar-refractivity contribution in [3.63, 3.8) is 0 Å². The summed E-state index contributed by atoms with van der Waals surface area (Å²) in [6.45, 7) is 0.458. The molecule has 82 valence electrons. The lowest BCUT2D eigenvalue weighted by molar-refractivity contribution is -0.139. The van der Waals surface area contributed by atoms with E-state index in [1.165, 1.54) is 32.1 Å². The van der Waals surface area contributed by atoms with Gasteiger partial charge in [-0.1, -0.05) is 19.3 Å². The third kappa shape index (κ3) is 3.27. The smallest absolute Gasteiger partial charge is 0.321 e. The van der Waals surface area contributed by atoms with Crippen molar-refractivity contribution in [3.05, 3.63) is 0 Å². The van der Waals surface area contributed by atoms with Gasteiger partial charge in [-0.25, -0.2) is 0 Å². The molecule has 0 saturated heterocycles. The second-order valence-electron chi connectivity index (χ2n) is 4.18. The molecule has 0 aliphatic heterocycles. The van der Waals surface area contributed by atoms with Gasteiger partial charge in [-0.05, 0) is 19.9 Å². The van der Waals surface area contributed by atoms with Crippen molar-refractivity contribution in [1.29, 1.82) is 0 Å². The normalized spacial score (nSPS) is 21.1. The van der Waals surface area contributed by atoms with Gasteiger partial charge >= 0.3 is 5.97 Å². The number of rotatable bonds is 4. The van der Waals surface area contributed by atoms with Crippen LogP contribution in [0.15, 0.2) is 0 Å². The highest BCUT2D eigenvalue weighted by molar-refractivity contribution is 5.73. The molecule has 0 aromatic rings. The highest BCUT2D eigenvalue weighted by Crippen LogP contribution is 2.21. The van der Waals surface area contributed by atoms with Crippen LogP contribution in [0.25, 0.3) is 0 Å². The summed E-state index contributed by atoms with van der Waals surface area (Å²) in [5.41, 5.74) is 5.48. The lowest BCUT2D eigenvalue weighted by Crippen LogP contribution is -2.45. The Morgan fingerprint density at radius 1 is 1.50 bits per heavy atom. The van der Waals surface area contributed by atoms with E-state index in [4.69, 9.17) is 10.8 Å². The van der Waals surface area contributed by atoms with Gasteiger partial charge in [-0.3, -0.25) is 4.79 Å². The Balaban J connectivity index is 2.32. The summed E-state index contributed by atoms with van der Waals surface area (Å²) in [5, 5.41) is 8.68. The van der Waals surface area contributed by atoms with E-state index in [2.05, 4.69) is 4.90 Å². The molecule has 0 radical (unpaired) electrons. The minimum atomic E-state index is -0.910. The maximum absolute atomic E-state index is 10.6. The monoisotopic (exact) mass is 200 g/mol. The lowest BCUT2D eigenvalue weighted by Gasteiger charge is -2.31. The summed E-state index contributed by atoms with van der Waals surface area (Å²) >= 11 is 0. The maximum atomic E-state index is 10.6. The summed E-state index contributed by atoms with van der Waals surface area (Å²) in [4.78, 5) is 12.7. The molecule has 1 unspecified atom stereocenters. The van der Waals surface area contributed by atoms with Gasteiger partial charge in [0, 0.05) is 12.6 Å². The summed E-state index contributed by atoms with van der Waals surface area (Å²) in [6, 6.07) is -0.212. The van der Waals surface area contributed by atoms with Gasteiger partial charge in [0.05, 0.1) is 0 Å². The van der Waals surface area contributed by atoms with Crippen LogP contribution in [-0.2, 0) is 4.79 Å². The van der Waals surface area contributed by atoms with Gasteiger partial charge < -0.3 is 15.7 Å². The number of carboxylic acid groups (broad SMARTS) is 1. The maximum Gasteiger partial charge on any atom is 0.321 e. The number of nitrogens with two attached hydrogens (primary N) is 1. The van der Waals surface area contributed by atoms with Crippen LogP contribution in [0.3, 0.4) is 0 Å². The highest BCUT2D eigenvalue weighted by Gasteiger charge is 2.21. The fourth-order valence-electron chi connectivity index (χ4n) is 2.06. The summed E-state index contributed by atoms with van der Waals surface area (Å²) in [7, 11) is 1.97. The zero-order valence-electron chi connectivity index (χ0n) is 8.78. The topological polar surface area (TPSA) is 66.6 Å². The fraction of sp³-hybridized carbons (Fsp3) is 0.900. The predicted molar refractivity (Wildman–Crippen MR) is 55.1 cm³/mol. The van der Waals surface area contributed by atoms with E-state index in [-0.39, 0.29) is 0 Å². The van der Waals surface area contributed by atoms with Crippen molar-refractivity contribution in [2.45, 2.75) is 44.2 Å². The van der Waals surface area contributed by atoms with Gasteiger partial charge in [0.1, 0.15) is 6.04 Å². The van der Waals surface area contributed by atoms with E-state index in [0.29, 0.717) is 12.6 Å². The van der Waals surface area contributed by atoms with Crippen molar-refractivity contribution in [1.82, 2.24) is 4.90 Å². The van der Waals surface area contributed by atoms with E-state index in [0.717, 1.165) is 0 Å². The minimum absolute atomic E-state index is 0.458. The van der Waals surface area contributed by atoms with Crippen molar-refractivity contribution in [2.75, 3.05) is 13.6 Å². The molecular formula is C10H20N2O2. The average Bonchev–Trinajstić information content (AvgIpc) is 2.19. The van der Waals surface area contributed by atoms with Gasteiger partial charge in [-0.15, -0.1) is 0 Å². The molecule has 1 saturated carbocycles. The Bertz CT molecular complexity index is 191. The van der Waals surface area contributed by atoms with Gasteiger partial charge in [-0.2, -0.15) is 0 Å². The summed E-state index contributed by atoms with van der Waals surface area (Å²) in [6.07, 6.45) is 6.20. The number of hydrogen-bond donors (Lipinski definition) is 2. The number of carboxylic acids is 1. The first-order valence-electron chi connectivity index (χ1n) is 5.30. The second kappa shape index (κ2) is 5.32. The first-order chi connectivity index (χ1) is 6.61. The zero-order valence-corrected chi connectivity index (χ0v) is 8.78. The van der Waals surface area contributed by atoms with Crippen molar-refractivity contribution >= 4 is 5.97 Å². The molecule has 4 nitrogen and oxygen atoms in total. The van der Waals surface area contributed by atoms with Gasteiger partial charge in [0.15, 0.2) is 0 Å². The Morgan fingerprint density at radius 2 is 2.07 bits per heavy atom. The molecular weight excluding hydrogens is 180 g/mol. The first kappa shape index (κ1) is 11.5. The van der Waals surface area contributed by atoms with E-state index < -0.39 is 12.0 Å². The number of aliphatic carboxylic acids is 1. The van der Waals surface area contributed by atoms with Crippen LogP contribution in [0.4, 0.5) is 0 Å². The van der Waals surface area contributed by atoms with Crippen LogP contribution >= 0.6 is 0 Å². The average molecular weight is 200 g/mol. The quantitative estimate of drug-likeness (QED) is 0.699. The molecule has 0 spiro atoms. The van der Waals surface area contributed by atoms with Crippen LogP contribution in [0.5, 0.6) is 0 Å². The Labute approximate surface area is 85.1 Å². The van der Waals surface area contributed by atoms with Crippen LogP contribution in [-0.4, -0.2) is 41.7 Å². The molecule has 4 heteroatoms. The molecule has 0 amide bonds. The van der Waals surface area contributed by atoms with Crippen molar-refractivity contribution in [2.24, 2.45) is 5.73 Å². The number of nitrogens with zero attached hydrogens (tertiary/aromatic N) is 1. The van der Waals surface area contributed by atoms with E-state index in [1.54, 1.807) is 0 Å². The molecule has 0 heterocycles. The standard InChI is InChI=1S/C10H20N2O2/c1-12(7-9(11)10(13)14)8-5-3-2-4-6-8/h8-9H,2-7,11H2,1H3,(H,13,14). The van der Waals surface area contributed by atoms with Crippen LogP contribution in [0, 0.1) is 0 Å². The Kier molecular flexibility index (Phi) is 4.35. The minimum Gasteiger partial charge on any atom is -0.480 e. The molecule has 1 atom stereocenters. The Morgan fingerprint density at radius 3 is 2.57 bits per heavy atom. The molecule has 0 bridgehead atoms. The molecule has 1 rings (SSSR count). The molecule has 1 aliphatic carbocycles. The molecule has 1 aliphatic rings. The largest absolute Gasteiger partial charge is 0.480 e. The van der Waals surface area contributed by atoms with Crippen LogP contribution < -0.4 is 5.73 Å². The molecule has 3 N–H and O–H groups in total. The number of hydrogen-bond acceptors (Lipinski definition) is 3. The lowest BCUT2D eigenvalue weighted by atomic mass is 9.94. The SMILES string of the molecule is CN(CC(N)C(=O)O)C1CCCCC1. The third-order valence-electron chi connectivity index (χ3n) is 3.00. The van der Waals surface area contributed by atoms with Crippen molar-refractivity contribution in [3.8, 4) is 0 Å². The van der Waals surface area contributed by atoms with Gasteiger partial charge in [0.25, 0.3) is 0 Å². The fourth-order valence-corrected chi connectivity index (χ4v) is 2.06. The van der Waals surface area contributed by atoms with Crippen LogP contribution in [0.1, 0.15) is 32.1 Å². The number of carbonyl (C=O) groups is 1. The van der Waals surface area contributed by atoms with E-state index in [1.807, 2.05) is 7.05 Å². The van der Waals surface area contributed by atoms with Crippen molar-refractivity contribution < 1.29 is 9.90 Å². The molecule has 0 aromatic heterocycles. The molecule has 1 fully saturated rings. The van der Waals surface area contributed by atoms with E-state index >= 15 is 0 Å². The summed E-state index contributed by atoms with van der Waals surface area (Å²) in [5.74, 6) is -0.910. The van der Waals surface area contributed by atoms with E-state index in [9.17, 15) is 4.79 Å². The second-order valence-corrected chi connectivity index (χ2v) is 4.18. The first-order valence-corrected chi connectivity index (χ1v) is 5.30. The third-order valence-corrected chi connectivity index (χ3v) is 3.00. The highest BCUT2D eigenvalue weighted by atomic mass is 16.4.